The van der Waals surface area contributed by atoms with Crippen molar-refractivity contribution in [3.05, 3.63) is 24.3 Å². The van der Waals surface area contributed by atoms with Gasteiger partial charge in [0.1, 0.15) is 5.75 Å². The summed E-state index contributed by atoms with van der Waals surface area (Å²) in [6, 6.07) is 7.57. The summed E-state index contributed by atoms with van der Waals surface area (Å²) in [4.78, 5) is 14.2. The molecule has 20 heavy (non-hydrogen) atoms. The van der Waals surface area contributed by atoms with Gasteiger partial charge in [-0.25, -0.2) is 4.79 Å². The fraction of sp³-hybridized carbons (Fsp3) is 0.533. The molecule has 1 heterocycles. The van der Waals surface area contributed by atoms with E-state index in [1.54, 1.807) is 7.11 Å². The van der Waals surface area contributed by atoms with Crippen LogP contribution in [-0.2, 0) is 0 Å². The van der Waals surface area contributed by atoms with Crippen molar-refractivity contribution in [1.29, 1.82) is 0 Å². The molecule has 5 nitrogen and oxygen atoms in total. The Labute approximate surface area is 120 Å². The number of anilines is 1. The first-order chi connectivity index (χ1) is 9.63. The minimum Gasteiger partial charge on any atom is -0.497 e. The number of nitrogens with two attached hydrogens (primary N) is 1. The highest BCUT2D eigenvalue weighted by atomic mass is 16.5. The number of piperidine rings is 1. The van der Waals surface area contributed by atoms with Crippen molar-refractivity contribution in [2.45, 2.75) is 25.8 Å². The molecule has 2 atom stereocenters. The predicted molar refractivity (Wildman–Crippen MR) is 80.0 cm³/mol. The second kappa shape index (κ2) is 6.61. The van der Waals surface area contributed by atoms with Crippen molar-refractivity contribution in [3.63, 3.8) is 0 Å². The molecule has 0 aliphatic carbocycles. The van der Waals surface area contributed by atoms with Crippen LogP contribution in [-0.4, -0.2) is 37.2 Å². The third-order valence-corrected chi connectivity index (χ3v) is 3.89. The van der Waals surface area contributed by atoms with Gasteiger partial charge in [-0.3, -0.25) is 0 Å². The van der Waals surface area contributed by atoms with Crippen molar-refractivity contribution in [2.24, 2.45) is 11.7 Å². The van der Waals surface area contributed by atoms with Gasteiger partial charge in [0.25, 0.3) is 0 Å². The van der Waals surface area contributed by atoms with Gasteiger partial charge in [-0.2, -0.15) is 0 Å². The SMILES string of the molecule is COc1cccc(NC(=O)N2CC(CN)CCC2C)c1. The Balaban J connectivity index is 2.02. The first kappa shape index (κ1) is 14.7. The van der Waals surface area contributed by atoms with Crippen LogP contribution in [0.15, 0.2) is 24.3 Å². The van der Waals surface area contributed by atoms with Gasteiger partial charge in [-0.15, -0.1) is 0 Å². The maximum absolute atomic E-state index is 12.4. The van der Waals surface area contributed by atoms with E-state index in [4.69, 9.17) is 10.5 Å². The van der Waals surface area contributed by atoms with E-state index >= 15 is 0 Å². The number of methoxy groups -OCH3 is 1. The van der Waals surface area contributed by atoms with Gasteiger partial charge in [-0.05, 0) is 44.4 Å². The Morgan fingerprint density at radius 1 is 1.50 bits per heavy atom. The second-order valence-corrected chi connectivity index (χ2v) is 5.34. The summed E-state index contributed by atoms with van der Waals surface area (Å²) in [5.41, 5.74) is 6.47. The third-order valence-electron chi connectivity index (χ3n) is 3.89. The number of hydrogen-bond acceptors (Lipinski definition) is 3. The predicted octanol–water partition coefficient (Wildman–Crippen LogP) is 2.29. The van der Waals surface area contributed by atoms with Gasteiger partial charge in [0, 0.05) is 24.3 Å². The Bertz CT molecular complexity index is 464. The van der Waals surface area contributed by atoms with Crippen LogP contribution in [0.25, 0.3) is 0 Å². The highest BCUT2D eigenvalue weighted by Gasteiger charge is 2.28. The van der Waals surface area contributed by atoms with Crippen LogP contribution in [0.4, 0.5) is 10.5 Å². The lowest BCUT2D eigenvalue weighted by atomic mass is 9.94. The number of amides is 2. The number of rotatable bonds is 3. The van der Waals surface area contributed by atoms with Gasteiger partial charge < -0.3 is 20.7 Å². The second-order valence-electron chi connectivity index (χ2n) is 5.34. The molecular formula is C15H23N3O2. The lowest BCUT2D eigenvalue weighted by molar-refractivity contribution is 0.144. The van der Waals surface area contributed by atoms with E-state index in [1.807, 2.05) is 29.2 Å². The Morgan fingerprint density at radius 3 is 3.00 bits per heavy atom. The normalized spacial score (nSPS) is 22.4. The minimum absolute atomic E-state index is 0.0658. The van der Waals surface area contributed by atoms with E-state index in [1.165, 1.54) is 0 Å². The van der Waals surface area contributed by atoms with E-state index in [9.17, 15) is 4.79 Å². The number of ether oxygens (including phenoxy) is 1. The number of nitrogens with zero attached hydrogens (tertiary/aromatic N) is 1. The molecule has 0 saturated carbocycles. The first-order valence-corrected chi connectivity index (χ1v) is 7.05. The number of urea groups is 1. The van der Waals surface area contributed by atoms with E-state index in [-0.39, 0.29) is 12.1 Å². The van der Waals surface area contributed by atoms with Crippen molar-refractivity contribution in [3.8, 4) is 5.75 Å². The average Bonchev–Trinajstić information content (AvgIpc) is 2.47. The lowest BCUT2D eigenvalue weighted by Gasteiger charge is -2.37. The van der Waals surface area contributed by atoms with Crippen molar-refractivity contribution >= 4 is 11.7 Å². The highest BCUT2D eigenvalue weighted by molar-refractivity contribution is 5.89. The molecule has 2 unspecified atom stereocenters. The molecule has 1 aromatic rings. The molecule has 1 aliphatic heterocycles. The zero-order chi connectivity index (χ0) is 14.5. The Morgan fingerprint density at radius 2 is 2.30 bits per heavy atom. The number of hydrogen-bond donors (Lipinski definition) is 2. The number of carbonyl (C=O) groups excluding carboxylic acids is 1. The van der Waals surface area contributed by atoms with Gasteiger partial charge in [0.2, 0.25) is 0 Å². The molecule has 5 heteroatoms. The lowest BCUT2D eigenvalue weighted by Crippen LogP contribution is -2.48. The molecule has 0 radical (unpaired) electrons. The van der Waals surface area contributed by atoms with Crippen LogP contribution in [0.5, 0.6) is 5.75 Å². The summed E-state index contributed by atoms with van der Waals surface area (Å²) in [5.74, 6) is 1.14. The quantitative estimate of drug-likeness (QED) is 0.890. The van der Waals surface area contributed by atoms with Crippen molar-refractivity contribution in [2.75, 3.05) is 25.5 Å². The van der Waals surface area contributed by atoms with Gasteiger partial charge >= 0.3 is 6.03 Å². The number of benzene rings is 1. The number of carbonyl (C=O) groups is 1. The molecule has 1 aliphatic rings. The molecule has 3 N–H and O–H groups in total. The van der Waals surface area contributed by atoms with Crippen LogP contribution in [0, 0.1) is 5.92 Å². The summed E-state index contributed by atoms with van der Waals surface area (Å²) in [7, 11) is 1.61. The Kier molecular flexibility index (Phi) is 4.84. The number of likely N-dealkylation sites (tertiary alicyclic amines) is 1. The van der Waals surface area contributed by atoms with Crippen molar-refractivity contribution in [1.82, 2.24) is 4.90 Å². The molecular weight excluding hydrogens is 254 g/mol. The molecule has 0 spiro atoms. The maximum Gasteiger partial charge on any atom is 0.322 e. The van der Waals surface area contributed by atoms with Gasteiger partial charge in [0.05, 0.1) is 7.11 Å². The average molecular weight is 277 g/mol. The summed E-state index contributed by atoms with van der Waals surface area (Å²) in [6.45, 7) is 3.45. The van der Waals surface area contributed by atoms with Gasteiger partial charge in [0.15, 0.2) is 0 Å². The molecule has 2 amide bonds. The van der Waals surface area contributed by atoms with Crippen LogP contribution in [0.1, 0.15) is 19.8 Å². The summed E-state index contributed by atoms with van der Waals surface area (Å²) >= 11 is 0. The summed E-state index contributed by atoms with van der Waals surface area (Å²) in [5, 5.41) is 2.93. The molecule has 1 fully saturated rings. The zero-order valence-corrected chi connectivity index (χ0v) is 12.1. The highest BCUT2D eigenvalue weighted by Crippen LogP contribution is 2.23. The monoisotopic (exact) mass is 277 g/mol. The van der Waals surface area contributed by atoms with E-state index in [0.29, 0.717) is 12.5 Å². The van der Waals surface area contributed by atoms with E-state index in [2.05, 4.69) is 12.2 Å². The maximum atomic E-state index is 12.4. The summed E-state index contributed by atoms with van der Waals surface area (Å²) in [6.07, 6.45) is 2.11. The van der Waals surface area contributed by atoms with E-state index in [0.717, 1.165) is 30.8 Å². The molecule has 110 valence electrons. The molecule has 0 aromatic heterocycles. The summed E-state index contributed by atoms with van der Waals surface area (Å²) < 4.78 is 5.16. The molecule has 0 bridgehead atoms. The van der Waals surface area contributed by atoms with E-state index < -0.39 is 0 Å². The standard InChI is InChI=1S/C15H23N3O2/c1-11-6-7-12(9-16)10-18(11)15(19)17-13-4-3-5-14(8-13)20-2/h3-5,8,11-12H,6-7,9-10,16H2,1-2H3,(H,17,19). The molecule has 1 saturated heterocycles. The van der Waals surface area contributed by atoms with Crippen LogP contribution in [0.2, 0.25) is 0 Å². The van der Waals surface area contributed by atoms with Gasteiger partial charge in [-0.1, -0.05) is 6.07 Å². The minimum atomic E-state index is -0.0658. The van der Waals surface area contributed by atoms with Crippen LogP contribution >= 0.6 is 0 Å². The fourth-order valence-corrected chi connectivity index (χ4v) is 2.55. The Hall–Kier alpha value is -1.75. The first-order valence-electron chi connectivity index (χ1n) is 7.05. The third kappa shape index (κ3) is 3.42. The van der Waals surface area contributed by atoms with Crippen LogP contribution in [0.3, 0.4) is 0 Å². The zero-order valence-electron chi connectivity index (χ0n) is 12.1. The number of nitrogens with one attached hydrogen (secondary N) is 1. The molecule has 2 rings (SSSR count). The fourth-order valence-electron chi connectivity index (χ4n) is 2.55. The largest absolute Gasteiger partial charge is 0.497 e. The van der Waals surface area contributed by atoms with Crippen LogP contribution < -0.4 is 15.8 Å². The molecule has 1 aromatic carbocycles. The topological polar surface area (TPSA) is 67.6 Å². The van der Waals surface area contributed by atoms with Crippen molar-refractivity contribution < 1.29 is 9.53 Å². The smallest absolute Gasteiger partial charge is 0.322 e.